The predicted octanol–water partition coefficient (Wildman–Crippen LogP) is 4.83. The summed E-state index contributed by atoms with van der Waals surface area (Å²) in [5.74, 6) is 0.455. The number of carbonyl (C=O) groups excluding carboxylic acids is 1. The van der Waals surface area contributed by atoms with Gasteiger partial charge in [0.15, 0.2) is 0 Å². The van der Waals surface area contributed by atoms with E-state index in [9.17, 15) is 4.79 Å². The predicted molar refractivity (Wildman–Crippen MR) is 119 cm³/mol. The fourth-order valence-electron chi connectivity index (χ4n) is 4.46. The molecule has 4 rings (SSSR count). The van der Waals surface area contributed by atoms with Gasteiger partial charge in [0.1, 0.15) is 0 Å². The summed E-state index contributed by atoms with van der Waals surface area (Å²) in [7, 11) is 0. The Morgan fingerprint density at radius 1 is 0.967 bits per heavy atom. The van der Waals surface area contributed by atoms with E-state index in [4.69, 9.17) is 0 Å². The van der Waals surface area contributed by atoms with E-state index >= 15 is 0 Å². The minimum absolute atomic E-state index is 0.149. The van der Waals surface area contributed by atoms with E-state index in [1.165, 1.54) is 16.7 Å². The third kappa shape index (κ3) is 3.43. The molecule has 1 heterocycles. The van der Waals surface area contributed by atoms with Crippen molar-refractivity contribution in [2.45, 2.75) is 45.4 Å². The minimum Gasteiger partial charge on any atom is -0.288 e. The first kappa shape index (κ1) is 20.0. The van der Waals surface area contributed by atoms with Gasteiger partial charge < -0.3 is 0 Å². The number of fused-ring (bicyclic) bond motifs is 1. The molecule has 0 radical (unpaired) electrons. The number of amides is 1. The summed E-state index contributed by atoms with van der Waals surface area (Å²) in [6.07, 6.45) is 4.19. The molecular weight excluding hydrogens is 374 g/mol. The second-order valence-corrected chi connectivity index (χ2v) is 9.11. The van der Waals surface area contributed by atoms with E-state index in [-0.39, 0.29) is 22.7 Å². The number of nitrogens with zero attached hydrogens (tertiary/aromatic N) is 3. The maximum Gasteiger partial charge on any atom is 0.270 e. The number of nitrogens with one attached hydrogen (secondary N) is 2. The van der Waals surface area contributed by atoms with E-state index < -0.39 is 0 Å². The molecule has 0 bridgehead atoms. The van der Waals surface area contributed by atoms with Crippen LogP contribution in [0.1, 0.15) is 67.2 Å². The zero-order valence-corrected chi connectivity index (χ0v) is 18.0. The van der Waals surface area contributed by atoms with Crippen molar-refractivity contribution in [2.75, 3.05) is 5.32 Å². The molecule has 0 saturated heterocycles. The molecule has 2 N–H and O–H groups in total. The average Bonchev–Trinajstić information content (AvgIpc) is 3.28. The summed E-state index contributed by atoms with van der Waals surface area (Å²) >= 11 is 0. The van der Waals surface area contributed by atoms with Crippen molar-refractivity contribution >= 4 is 24.0 Å². The lowest BCUT2D eigenvalue weighted by Crippen LogP contribution is -2.30. The topological polar surface area (TPSA) is 83.6 Å². The Labute approximate surface area is 176 Å². The van der Waals surface area contributed by atoms with Crippen LogP contribution in [0.25, 0.3) is 12.2 Å². The first-order chi connectivity index (χ1) is 14.2. The molecule has 2 aromatic carbocycles. The Kier molecular flexibility index (Phi) is 4.80. The summed E-state index contributed by atoms with van der Waals surface area (Å²) in [6, 6.07) is 14.2. The Bertz CT molecular complexity index is 1100. The van der Waals surface area contributed by atoms with Crippen LogP contribution in [-0.4, -0.2) is 26.5 Å². The minimum atomic E-state index is -0.274. The molecule has 0 aliphatic heterocycles. The van der Waals surface area contributed by atoms with Crippen LogP contribution in [0.3, 0.4) is 0 Å². The molecule has 6 nitrogen and oxygen atoms in total. The number of carbonyl (C=O) groups is 1. The van der Waals surface area contributed by atoms with E-state index in [1.807, 2.05) is 12.1 Å². The SMILES string of the molecule is CC1C(C)(C)c2ccc(C=Cc3ccc(C(=O)Nc4nn[nH]n4)cc3)cc2C1(C)C. The number of benzene rings is 2. The monoisotopic (exact) mass is 401 g/mol. The van der Waals surface area contributed by atoms with Crippen LogP contribution in [0.15, 0.2) is 42.5 Å². The summed E-state index contributed by atoms with van der Waals surface area (Å²) in [5.41, 5.74) is 5.97. The number of rotatable bonds is 4. The van der Waals surface area contributed by atoms with Gasteiger partial charge in [-0.05, 0) is 56.3 Å². The van der Waals surface area contributed by atoms with Crippen molar-refractivity contribution in [1.29, 1.82) is 0 Å². The Morgan fingerprint density at radius 3 is 2.27 bits per heavy atom. The molecule has 1 aromatic heterocycles. The van der Waals surface area contributed by atoms with Crippen LogP contribution in [-0.2, 0) is 10.8 Å². The van der Waals surface area contributed by atoms with Gasteiger partial charge in [-0.15, -0.1) is 5.10 Å². The van der Waals surface area contributed by atoms with Gasteiger partial charge in [-0.25, -0.2) is 0 Å². The van der Waals surface area contributed by atoms with Gasteiger partial charge in [-0.2, -0.15) is 5.21 Å². The van der Waals surface area contributed by atoms with Crippen molar-refractivity contribution in [2.24, 2.45) is 5.92 Å². The second kappa shape index (κ2) is 7.20. The summed E-state index contributed by atoms with van der Waals surface area (Å²) < 4.78 is 0. The lowest BCUT2D eigenvalue weighted by molar-refractivity contribution is 0.102. The van der Waals surface area contributed by atoms with E-state index in [1.54, 1.807) is 12.1 Å². The van der Waals surface area contributed by atoms with Crippen molar-refractivity contribution < 1.29 is 4.79 Å². The van der Waals surface area contributed by atoms with Gasteiger partial charge in [-0.3, -0.25) is 10.1 Å². The highest BCUT2D eigenvalue weighted by atomic mass is 16.1. The van der Waals surface area contributed by atoms with Crippen LogP contribution in [0, 0.1) is 5.92 Å². The highest BCUT2D eigenvalue weighted by molar-refractivity contribution is 6.03. The molecule has 1 amide bonds. The van der Waals surface area contributed by atoms with Crippen molar-refractivity contribution in [1.82, 2.24) is 20.6 Å². The highest BCUT2D eigenvalue weighted by Crippen LogP contribution is 2.53. The third-order valence-electron chi connectivity index (χ3n) is 6.81. The molecule has 0 fully saturated rings. The van der Waals surface area contributed by atoms with Gasteiger partial charge in [0.05, 0.1) is 0 Å². The first-order valence-corrected chi connectivity index (χ1v) is 10.2. The largest absolute Gasteiger partial charge is 0.288 e. The van der Waals surface area contributed by atoms with Crippen molar-refractivity contribution in [3.05, 3.63) is 70.3 Å². The first-order valence-electron chi connectivity index (χ1n) is 10.2. The number of hydrogen-bond donors (Lipinski definition) is 2. The number of hydrogen-bond acceptors (Lipinski definition) is 4. The number of aromatic nitrogens is 4. The number of tetrazole rings is 1. The molecule has 0 saturated carbocycles. The van der Waals surface area contributed by atoms with Gasteiger partial charge in [-0.1, -0.05) is 82.2 Å². The third-order valence-corrected chi connectivity index (χ3v) is 6.81. The van der Waals surface area contributed by atoms with Crippen LogP contribution >= 0.6 is 0 Å². The maximum absolute atomic E-state index is 12.2. The number of H-pyrrole nitrogens is 1. The Balaban J connectivity index is 1.51. The van der Waals surface area contributed by atoms with Crippen LogP contribution in [0.5, 0.6) is 0 Å². The highest BCUT2D eigenvalue weighted by Gasteiger charge is 2.48. The molecular formula is C24H27N5O. The van der Waals surface area contributed by atoms with Gasteiger partial charge >= 0.3 is 0 Å². The standard InChI is InChI=1S/C24H27N5O/c1-15-23(2,3)19-13-10-17(14-20(19)24(15,4)5)7-6-16-8-11-18(12-9-16)21(30)25-22-26-28-29-27-22/h6-15H,1-5H3,(H2,25,26,27,28,29,30). The smallest absolute Gasteiger partial charge is 0.270 e. The maximum atomic E-state index is 12.2. The molecule has 30 heavy (non-hydrogen) atoms. The zero-order chi connectivity index (χ0) is 21.5. The van der Waals surface area contributed by atoms with E-state index in [0.717, 1.165) is 5.56 Å². The molecule has 1 aliphatic carbocycles. The quantitative estimate of drug-likeness (QED) is 0.614. The van der Waals surface area contributed by atoms with Crippen molar-refractivity contribution in [3.8, 4) is 0 Å². The lowest BCUT2D eigenvalue weighted by atomic mass is 9.71. The van der Waals surface area contributed by atoms with E-state index in [2.05, 4.69) is 90.9 Å². The molecule has 0 spiro atoms. The van der Waals surface area contributed by atoms with Gasteiger partial charge in [0.2, 0.25) is 0 Å². The fraction of sp³-hybridized carbons (Fsp3) is 0.333. The normalized spacial score (nSPS) is 19.0. The summed E-state index contributed by atoms with van der Waals surface area (Å²) in [6.45, 7) is 11.7. The fourth-order valence-corrected chi connectivity index (χ4v) is 4.46. The van der Waals surface area contributed by atoms with E-state index in [0.29, 0.717) is 11.5 Å². The molecule has 3 aromatic rings. The molecule has 1 aliphatic rings. The Morgan fingerprint density at radius 2 is 1.60 bits per heavy atom. The summed E-state index contributed by atoms with van der Waals surface area (Å²) in [4.78, 5) is 12.2. The molecule has 6 heteroatoms. The zero-order valence-electron chi connectivity index (χ0n) is 18.0. The van der Waals surface area contributed by atoms with Gasteiger partial charge in [0.25, 0.3) is 11.9 Å². The summed E-state index contributed by atoms with van der Waals surface area (Å²) in [5, 5.41) is 15.7. The van der Waals surface area contributed by atoms with Crippen LogP contribution in [0.2, 0.25) is 0 Å². The average molecular weight is 402 g/mol. The molecule has 1 atom stereocenters. The Hall–Kier alpha value is -3.28. The number of aromatic amines is 1. The van der Waals surface area contributed by atoms with Crippen LogP contribution in [0.4, 0.5) is 5.95 Å². The molecule has 154 valence electrons. The number of anilines is 1. The van der Waals surface area contributed by atoms with Gasteiger partial charge in [0, 0.05) is 5.56 Å². The molecule has 1 unspecified atom stereocenters. The van der Waals surface area contributed by atoms with Crippen molar-refractivity contribution in [3.63, 3.8) is 0 Å². The lowest BCUT2D eigenvalue weighted by Gasteiger charge is -2.32. The van der Waals surface area contributed by atoms with Crippen LogP contribution < -0.4 is 5.32 Å². The second-order valence-electron chi connectivity index (χ2n) is 9.11.